The smallest absolute Gasteiger partial charge is 0.302 e. The van der Waals surface area contributed by atoms with Crippen molar-refractivity contribution in [2.45, 2.75) is 50.3 Å². The summed E-state index contributed by atoms with van der Waals surface area (Å²) in [7, 11) is 0. The van der Waals surface area contributed by atoms with Crippen molar-refractivity contribution in [3.8, 4) is 0 Å². The van der Waals surface area contributed by atoms with Crippen molar-refractivity contribution in [2.24, 2.45) is 5.92 Å². The monoisotopic (exact) mass is 339 g/mol. The fraction of sp³-hybridized carbons (Fsp3) is 0.588. The third-order valence-electron chi connectivity index (χ3n) is 5.63. The van der Waals surface area contributed by atoms with Crippen molar-refractivity contribution >= 4 is 29.2 Å². The molecule has 3 saturated heterocycles. The first-order valence-corrected chi connectivity index (χ1v) is 8.68. The van der Waals surface area contributed by atoms with Crippen LogP contribution in [-0.4, -0.2) is 35.6 Å². The van der Waals surface area contributed by atoms with E-state index < -0.39 is 0 Å². The second-order valence-electron chi connectivity index (χ2n) is 6.74. The number of esters is 1. The summed E-state index contributed by atoms with van der Waals surface area (Å²) >= 11 is 12.3. The molecule has 0 aromatic heterocycles. The summed E-state index contributed by atoms with van der Waals surface area (Å²) in [6, 6.07) is 7.11. The molecular weight excluding hydrogens is 321 g/mol. The topological polar surface area (TPSA) is 29.5 Å². The number of rotatable bonds is 2. The minimum atomic E-state index is -0.178. The predicted molar refractivity (Wildman–Crippen MR) is 86.4 cm³/mol. The van der Waals surface area contributed by atoms with Gasteiger partial charge in [-0.1, -0.05) is 29.3 Å². The first kappa shape index (κ1) is 14.8. The zero-order valence-corrected chi connectivity index (χ0v) is 14.0. The molecule has 4 rings (SSSR count). The average molecular weight is 340 g/mol. The molecule has 0 aliphatic carbocycles. The summed E-state index contributed by atoms with van der Waals surface area (Å²) in [4.78, 5) is 14.0. The van der Waals surface area contributed by atoms with Crippen LogP contribution in [0.25, 0.3) is 0 Å². The van der Waals surface area contributed by atoms with Gasteiger partial charge < -0.3 is 4.74 Å². The van der Waals surface area contributed by atoms with Gasteiger partial charge in [-0.2, -0.15) is 0 Å². The van der Waals surface area contributed by atoms with Gasteiger partial charge in [-0.15, -0.1) is 0 Å². The minimum Gasteiger partial charge on any atom is -0.461 e. The van der Waals surface area contributed by atoms with Gasteiger partial charge in [0.2, 0.25) is 0 Å². The summed E-state index contributed by atoms with van der Waals surface area (Å²) < 4.78 is 5.64. The number of benzene rings is 1. The lowest BCUT2D eigenvalue weighted by molar-refractivity contribution is -0.147. The lowest BCUT2D eigenvalue weighted by Gasteiger charge is -2.37. The Morgan fingerprint density at radius 1 is 1.27 bits per heavy atom. The zero-order chi connectivity index (χ0) is 15.4. The number of carbonyl (C=O) groups is 1. The van der Waals surface area contributed by atoms with Crippen molar-refractivity contribution < 1.29 is 9.53 Å². The van der Waals surface area contributed by atoms with Crippen molar-refractivity contribution in [1.82, 2.24) is 4.90 Å². The minimum absolute atomic E-state index is 0.00672. The molecule has 0 radical (unpaired) electrons. The highest BCUT2D eigenvalue weighted by atomic mass is 35.5. The average Bonchev–Trinajstić information content (AvgIpc) is 2.87. The van der Waals surface area contributed by atoms with E-state index >= 15 is 0 Å². The Morgan fingerprint density at radius 3 is 2.82 bits per heavy atom. The van der Waals surface area contributed by atoms with Gasteiger partial charge >= 0.3 is 5.97 Å². The number of piperidine rings is 1. The van der Waals surface area contributed by atoms with E-state index in [1.165, 1.54) is 25.3 Å². The lowest BCUT2D eigenvalue weighted by atomic mass is 9.76. The molecule has 3 fully saturated rings. The number of nitrogens with zero attached hydrogens (tertiary/aromatic N) is 1. The molecule has 3 nitrogen and oxygen atoms in total. The molecule has 4 bridgehead atoms. The largest absolute Gasteiger partial charge is 0.461 e. The molecule has 118 valence electrons. The van der Waals surface area contributed by atoms with E-state index in [4.69, 9.17) is 27.9 Å². The Morgan fingerprint density at radius 2 is 2.09 bits per heavy atom. The van der Waals surface area contributed by atoms with Crippen LogP contribution in [-0.2, 0) is 9.53 Å². The lowest BCUT2D eigenvalue weighted by Crippen LogP contribution is -2.41. The van der Waals surface area contributed by atoms with Gasteiger partial charge in [-0.05, 0) is 42.9 Å². The maximum Gasteiger partial charge on any atom is 0.302 e. The molecule has 0 amide bonds. The molecule has 22 heavy (non-hydrogen) atoms. The van der Waals surface area contributed by atoms with E-state index in [2.05, 4.69) is 11.0 Å². The highest BCUT2D eigenvalue weighted by molar-refractivity contribution is 6.42. The Balaban J connectivity index is 1.69. The first-order chi connectivity index (χ1) is 10.5. The Bertz CT molecular complexity index is 621. The molecule has 3 aliphatic heterocycles. The molecule has 3 heterocycles. The van der Waals surface area contributed by atoms with Gasteiger partial charge in [-0.3, -0.25) is 9.69 Å². The van der Waals surface area contributed by atoms with Crippen LogP contribution >= 0.6 is 23.2 Å². The normalized spacial score (nSPS) is 39.0. The summed E-state index contributed by atoms with van der Waals surface area (Å²) in [5.41, 5.74) is 1.23. The summed E-state index contributed by atoms with van der Waals surface area (Å²) in [5.74, 6) is 0.595. The Hall–Kier alpha value is -0.770. The summed E-state index contributed by atoms with van der Waals surface area (Å²) in [6.45, 7) is 2.39. The van der Waals surface area contributed by atoms with Crippen LogP contribution in [0.4, 0.5) is 0 Å². The van der Waals surface area contributed by atoms with Gasteiger partial charge in [0, 0.05) is 31.5 Å². The van der Waals surface area contributed by atoms with Crippen LogP contribution in [0.15, 0.2) is 18.2 Å². The van der Waals surface area contributed by atoms with Gasteiger partial charge in [-0.25, -0.2) is 0 Å². The fourth-order valence-corrected chi connectivity index (χ4v) is 5.21. The third-order valence-corrected chi connectivity index (χ3v) is 6.37. The second-order valence-corrected chi connectivity index (χ2v) is 7.55. The van der Waals surface area contributed by atoms with Crippen LogP contribution < -0.4 is 0 Å². The van der Waals surface area contributed by atoms with E-state index in [1.807, 2.05) is 12.1 Å². The molecular formula is C17H19Cl2NO2. The van der Waals surface area contributed by atoms with Crippen molar-refractivity contribution in [3.63, 3.8) is 0 Å². The van der Waals surface area contributed by atoms with E-state index in [0.717, 1.165) is 13.0 Å². The number of hydrogen-bond acceptors (Lipinski definition) is 3. The van der Waals surface area contributed by atoms with Gasteiger partial charge in [0.15, 0.2) is 0 Å². The van der Waals surface area contributed by atoms with Gasteiger partial charge in [0.1, 0.15) is 6.10 Å². The van der Waals surface area contributed by atoms with Crippen molar-refractivity contribution in [2.75, 3.05) is 6.54 Å². The predicted octanol–water partition coefficient (Wildman–Crippen LogP) is 3.88. The standard InChI is InChI=1S/C17H19Cl2NO2/c1-9(21)22-16-8-20-11-3-5-15(20)17(16)12(7-11)10-2-4-13(18)14(19)6-10/h2,4,6,11-12,15-17H,3,5,7-8H2,1H3. The molecule has 0 spiro atoms. The molecule has 0 N–H and O–H groups in total. The summed E-state index contributed by atoms with van der Waals surface area (Å²) in [6.07, 6.45) is 3.60. The van der Waals surface area contributed by atoms with E-state index in [9.17, 15) is 4.79 Å². The Kier molecular flexibility index (Phi) is 3.63. The van der Waals surface area contributed by atoms with Crippen molar-refractivity contribution in [1.29, 1.82) is 0 Å². The molecule has 1 aromatic carbocycles. The zero-order valence-electron chi connectivity index (χ0n) is 12.5. The SMILES string of the molecule is CC(=O)OC1CN2C3CCC2C1C(c1ccc(Cl)c(Cl)c1)C3. The molecule has 3 aliphatic rings. The number of carbonyl (C=O) groups excluding carboxylic acids is 1. The van der Waals surface area contributed by atoms with Crippen molar-refractivity contribution in [3.05, 3.63) is 33.8 Å². The maximum absolute atomic E-state index is 11.5. The molecule has 1 aromatic rings. The van der Waals surface area contributed by atoms with E-state index in [-0.39, 0.29) is 12.1 Å². The fourth-order valence-electron chi connectivity index (χ4n) is 4.90. The van der Waals surface area contributed by atoms with E-state index in [1.54, 1.807) is 0 Å². The van der Waals surface area contributed by atoms with Crippen LogP contribution in [0.2, 0.25) is 10.0 Å². The maximum atomic E-state index is 11.5. The van der Waals surface area contributed by atoms with Crippen LogP contribution in [0, 0.1) is 5.92 Å². The number of ether oxygens (including phenoxy) is 1. The molecule has 6 unspecified atom stereocenters. The van der Waals surface area contributed by atoms with Crippen LogP contribution in [0.3, 0.4) is 0 Å². The summed E-state index contributed by atoms with van der Waals surface area (Å²) in [5, 5.41) is 1.20. The van der Waals surface area contributed by atoms with E-state index in [0.29, 0.717) is 34.0 Å². The molecule has 5 heteroatoms. The Labute approximate surface area is 140 Å². The molecule has 6 atom stereocenters. The van der Waals surface area contributed by atoms with Crippen LogP contribution in [0.5, 0.6) is 0 Å². The van der Waals surface area contributed by atoms with Gasteiger partial charge in [0.05, 0.1) is 10.0 Å². The number of halogens is 2. The highest BCUT2D eigenvalue weighted by Gasteiger charge is 2.56. The first-order valence-electron chi connectivity index (χ1n) is 7.92. The van der Waals surface area contributed by atoms with Crippen LogP contribution in [0.1, 0.15) is 37.7 Å². The quantitative estimate of drug-likeness (QED) is 0.766. The number of hydrogen-bond donors (Lipinski definition) is 0. The highest BCUT2D eigenvalue weighted by Crippen LogP contribution is 2.53. The third kappa shape index (κ3) is 2.26. The molecule has 0 saturated carbocycles. The van der Waals surface area contributed by atoms with Gasteiger partial charge in [0.25, 0.3) is 0 Å². The second kappa shape index (κ2) is 5.40.